The fourth-order valence-corrected chi connectivity index (χ4v) is 7.85. The Hall–Kier alpha value is -4.20. The highest BCUT2D eigenvalue weighted by Gasteiger charge is 2.54. The standard InChI is InChI=1S/C40H44INO9/c1-50-34-21-25(20-32(41)38(34)47)19-27(26-11-5-2-6-12-26)16-17-33(44)36-28(24-51-29-13-7-3-8-14-29)22-30-37(31(36)23-43)40(49)42(39(30)48)18-10-4-9-15-35(45)46/h2-3,5-8,11-14,19-21,30-31,33,37,43-44,47H,4,9-10,15-18,22-24H2,1H3,(H,45,46)/b27-19-/t30-,31+,33-,37-/m1/s1. The van der Waals surface area contributed by atoms with Crippen molar-refractivity contribution in [1.29, 1.82) is 0 Å². The number of carbonyl (C=O) groups is 3. The van der Waals surface area contributed by atoms with E-state index in [4.69, 9.17) is 14.6 Å². The zero-order chi connectivity index (χ0) is 36.5. The van der Waals surface area contributed by atoms with E-state index in [1.54, 1.807) is 6.07 Å². The molecule has 0 bridgehead atoms. The first-order valence-electron chi connectivity index (χ1n) is 17.2. The molecule has 0 spiro atoms. The van der Waals surface area contributed by atoms with Crippen LogP contribution in [0.3, 0.4) is 0 Å². The van der Waals surface area contributed by atoms with Crippen LogP contribution in [0, 0.1) is 21.3 Å². The Labute approximate surface area is 311 Å². The maximum atomic E-state index is 13.8. The van der Waals surface area contributed by atoms with Gasteiger partial charge in [0.2, 0.25) is 11.8 Å². The number of ether oxygens (including phenoxy) is 2. The van der Waals surface area contributed by atoms with Crippen molar-refractivity contribution in [2.75, 3.05) is 26.9 Å². The molecule has 0 aromatic heterocycles. The van der Waals surface area contributed by atoms with Crippen molar-refractivity contribution in [2.24, 2.45) is 17.8 Å². The third-order valence-corrected chi connectivity index (χ3v) is 10.5. The van der Waals surface area contributed by atoms with Gasteiger partial charge in [-0.2, -0.15) is 0 Å². The zero-order valence-electron chi connectivity index (χ0n) is 28.5. The second-order valence-electron chi connectivity index (χ2n) is 13.0. The van der Waals surface area contributed by atoms with Gasteiger partial charge in [0.05, 0.1) is 35.2 Å². The minimum atomic E-state index is -1.05. The topological polar surface area (TPSA) is 154 Å². The first-order chi connectivity index (χ1) is 24.6. The number of allylic oxidation sites excluding steroid dienone is 1. The van der Waals surface area contributed by atoms with E-state index >= 15 is 0 Å². The van der Waals surface area contributed by atoms with Crippen molar-refractivity contribution in [3.63, 3.8) is 0 Å². The summed E-state index contributed by atoms with van der Waals surface area (Å²) >= 11 is 2.05. The predicted octanol–water partition coefficient (Wildman–Crippen LogP) is 6.32. The summed E-state index contributed by atoms with van der Waals surface area (Å²) in [7, 11) is 1.50. The number of carbonyl (C=O) groups excluding carboxylic acids is 2. The minimum Gasteiger partial charge on any atom is -0.504 e. The van der Waals surface area contributed by atoms with Crippen LogP contribution in [-0.4, -0.2) is 76.1 Å². The Bertz CT molecular complexity index is 1760. The smallest absolute Gasteiger partial charge is 0.303 e. The molecule has 0 saturated carbocycles. The van der Waals surface area contributed by atoms with E-state index in [1.165, 1.54) is 12.0 Å². The third-order valence-electron chi connectivity index (χ3n) is 9.70. The number of phenols is 1. The van der Waals surface area contributed by atoms with Crippen molar-refractivity contribution < 1.29 is 44.3 Å². The second-order valence-corrected chi connectivity index (χ2v) is 14.1. The van der Waals surface area contributed by atoms with Gasteiger partial charge in [-0.1, -0.05) is 61.0 Å². The molecule has 1 aliphatic carbocycles. The Balaban J connectivity index is 1.43. The summed E-state index contributed by atoms with van der Waals surface area (Å²) in [6.45, 7) is -0.163. The zero-order valence-corrected chi connectivity index (χ0v) is 30.7. The number of amides is 2. The molecule has 0 unspecified atom stereocenters. The lowest BCUT2D eigenvalue weighted by molar-refractivity contribution is -0.141. The molecular weight excluding hydrogens is 765 g/mol. The van der Waals surface area contributed by atoms with Gasteiger partial charge in [-0.25, -0.2) is 0 Å². The summed E-state index contributed by atoms with van der Waals surface area (Å²) in [5, 5.41) is 42.2. The average molecular weight is 810 g/mol. The van der Waals surface area contributed by atoms with Crippen LogP contribution in [0.15, 0.2) is 83.9 Å². The van der Waals surface area contributed by atoms with Crippen molar-refractivity contribution in [1.82, 2.24) is 4.90 Å². The molecule has 3 aromatic carbocycles. The lowest BCUT2D eigenvalue weighted by Crippen LogP contribution is -2.40. The van der Waals surface area contributed by atoms with Crippen LogP contribution in [-0.2, 0) is 14.4 Å². The number of methoxy groups -OCH3 is 1. The van der Waals surface area contributed by atoms with Crippen LogP contribution < -0.4 is 9.47 Å². The number of phenolic OH excluding ortho intramolecular Hbond substituents is 1. The van der Waals surface area contributed by atoms with Crippen LogP contribution in [0.2, 0.25) is 0 Å². The first-order valence-corrected chi connectivity index (χ1v) is 18.3. The molecule has 4 N–H and O–H groups in total. The largest absolute Gasteiger partial charge is 0.504 e. The Kier molecular flexibility index (Phi) is 13.3. The van der Waals surface area contributed by atoms with Gasteiger partial charge < -0.3 is 29.9 Å². The number of carboxylic acids is 1. The SMILES string of the molecule is COc1cc(/C=C(/CC[C@@H](O)C2=C(COc3ccccc3)C[C@H]3C(=O)N(CCCCCC(=O)O)C(=O)[C@H]3[C@H]2CO)c2ccccc2)cc(I)c1O. The number of aliphatic hydroxyl groups is 2. The molecule has 3 aromatic rings. The van der Waals surface area contributed by atoms with Gasteiger partial charge in [0, 0.05) is 18.9 Å². The minimum absolute atomic E-state index is 0.0271. The molecule has 51 heavy (non-hydrogen) atoms. The molecular formula is C40H44INO9. The van der Waals surface area contributed by atoms with Crippen LogP contribution >= 0.6 is 22.6 Å². The molecule has 11 heteroatoms. The Morgan fingerprint density at radius 3 is 2.37 bits per heavy atom. The Morgan fingerprint density at radius 1 is 1.00 bits per heavy atom. The van der Waals surface area contributed by atoms with E-state index in [1.807, 2.05) is 72.8 Å². The quantitative estimate of drug-likeness (QED) is 0.0404. The monoisotopic (exact) mass is 809 g/mol. The maximum Gasteiger partial charge on any atom is 0.303 e. The number of unbranched alkanes of at least 4 members (excludes halogenated alkanes) is 2. The third kappa shape index (κ3) is 9.19. The predicted molar refractivity (Wildman–Crippen MR) is 201 cm³/mol. The number of likely N-dealkylation sites (tertiary alicyclic amines) is 1. The number of fused-ring (bicyclic) bond motifs is 1. The number of nitrogens with zero attached hydrogens (tertiary/aromatic N) is 1. The van der Waals surface area contributed by atoms with E-state index in [-0.39, 0.29) is 50.0 Å². The lowest BCUT2D eigenvalue weighted by Gasteiger charge is -2.36. The second kappa shape index (κ2) is 17.8. The lowest BCUT2D eigenvalue weighted by atomic mass is 9.68. The number of aliphatic hydroxyl groups excluding tert-OH is 2. The van der Waals surface area contributed by atoms with Crippen LogP contribution in [0.1, 0.15) is 56.1 Å². The van der Waals surface area contributed by atoms with E-state index < -0.39 is 36.4 Å². The molecule has 270 valence electrons. The number of hydrogen-bond donors (Lipinski definition) is 4. The number of benzene rings is 3. The van der Waals surface area contributed by atoms with Gasteiger partial charge in [-0.3, -0.25) is 19.3 Å². The number of carboxylic acid groups (broad SMARTS) is 1. The molecule has 5 rings (SSSR count). The van der Waals surface area contributed by atoms with Crippen LogP contribution in [0.25, 0.3) is 11.6 Å². The molecule has 4 atom stereocenters. The van der Waals surface area contributed by atoms with Crippen LogP contribution in [0.5, 0.6) is 17.2 Å². The highest BCUT2D eigenvalue weighted by atomic mass is 127. The Morgan fingerprint density at radius 2 is 1.71 bits per heavy atom. The maximum absolute atomic E-state index is 13.8. The van der Waals surface area contributed by atoms with Gasteiger partial charge in [0.15, 0.2) is 11.5 Å². The summed E-state index contributed by atoms with van der Waals surface area (Å²) in [6, 6.07) is 22.6. The van der Waals surface area contributed by atoms with E-state index in [0.29, 0.717) is 51.9 Å². The summed E-state index contributed by atoms with van der Waals surface area (Å²) in [5.74, 6) is -2.82. The normalized spacial score (nSPS) is 19.6. The number of rotatable bonds is 17. The van der Waals surface area contributed by atoms with Gasteiger partial charge in [-0.05, 0) is 107 Å². The summed E-state index contributed by atoms with van der Waals surface area (Å²) < 4.78 is 12.1. The summed E-state index contributed by atoms with van der Waals surface area (Å²) in [4.78, 5) is 39.7. The van der Waals surface area contributed by atoms with Crippen molar-refractivity contribution in [2.45, 2.75) is 51.0 Å². The number of halogens is 1. The molecule has 2 aliphatic rings. The molecule has 1 aliphatic heterocycles. The van der Waals surface area contributed by atoms with E-state index in [0.717, 1.165) is 16.7 Å². The molecule has 0 radical (unpaired) electrons. The van der Waals surface area contributed by atoms with Gasteiger partial charge in [-0.15, -0.1) is 0 Å². The van der Waals surface area contributed by atoms with Gasteiger partial charge in [0.1, 0.15) is 12.4 Å². The summed E-state index contributed by atoms with van der Waals surface area (Å²) in [5.41, 5.74) is 3.92. The van der Waals surface area contributed by atoms with Crippen molar-refractivity contribution in [3.05, 3.63) is 98.6 Å². The number of hydrogen-bond acceptors (Lipinski definition) is 8. The number of imide groups is 1. The number of aromatic hydroxyl groups is 1. The fraction of sp³-hybridized carbons (Fsp3) is 0.375. The van der Waals surface area contributed by atoms with E-state index in [2.05, 4.69) is 22.6 Å². The molecule has 2 amide bonds. The first kappa shape index (κ1) is 38.0. The average Bonchev–Trinajstić information content (AvgIpc) is 3.37. The molecule has 1 fully saturated rings. The number of para-hydroxylation sites is 1. The molecule has 10 nitrogen and oxygen atoms in total. The highest BCUT2D eigenvalue weighted by molar-refractivity contribution is 14.1. The number of aliphatic carboxylic acids is 1. The van der Waals surface area contributed by atoms with Gasteiger partial charge in [0.25, 0.3) is 0 Å². The molecule has 1 saturated heterocycles. The summed E-state index contributed by atoms with van der Waals surface area (Å²) in [6.07, 6.45) is 3.39. The van der Waals surface area contributed by atoms with Crippen LogP contribution in [0.4, 0.5) is 0 Å². The van der Waals surface area contributed by atoms with E-state index in [9.17, 15) is 29.7 Å². The van der Waals surface area contributed by atoms with Crippen molar-refractivity contribution in [3.8, 4) is 17.2 Å². The molecule has 1 heterocycles. The highest BCUT2D eigenvalue weighted by Crippen LogP contribution is 2.47. The van der Waals surface area contributed by atoms with Crippen molar-refractivity contribution >= 4 is 52.0 Å². The van der Waals surface area contributed by atoms with Gasteiger partial charge >= 0.3 is 5.97 Å². The fourth-order valence-electron chi connectivity index (χ4n) is 7.22.